The van der Waals surface area contributed by atoms with Gasteiger partial charge in [-0.2, -0.15) is 0 Å². The number of aliphatic hydroxyl groups is 1. The van der Waals surface area contributed by atoms with Gasteiger partial charge < -0.3 is 14.6 Å². The average molecular weight is 310 g/mol. The Morgan fingerprint density at radius 1 is 1.38 bits per heavy atom. The highest BCUT2D eigenvalue weighted by Crippen LogP contribution is 2.34. The summed E-state index contributed by atoms with van der Waals surface area (Å²) in [7, 11) is 2.84. The van der Waals surface area contributed by atoms with E-state index in [0.29, 0.717) is 16.7 Å². The van der Waals surface area contributed by atoms with Gasteiger partial charge in [0.2, 0.25) is 5.88 Å². The van der Waals surface area contributed by atoms with Crippen LogP contribution < -0.4 is 4.74 Å². The molecule has 0 bridgehead atoms. The summed E-state index contributed by atoms with van der Waals surface area (Å²) in [5, 5.41) is 15.2. The van der Waals surface area contributed by atoms with E-state index >= 15 is 0 Å². The van der Waals surface area contributed by atoms with Crippen LogP contribution in [0.25, 0.3) is 21.2 Å². The predicted octanol–water partition coefficient (Wildman–Crippen LogP) is 2.39. The zero-order valence-corrected chi connectivity index (χ0v) is 12.1. The lowest BCUT2D eigenvalue weighted by atomic mass is 10.0. The van der Waals surface area contributed by atoms with Gasteiger partial charge in [0, 0.05) is 30.0 Å². The van der Waals surface area contributed by atoms with E-state index in [2.05, 4.69) is 20.0 Å². The van der Waals surface area contributed by atoms with Crippen molar-refractivity contribution in [2.45, 2.75) is 5.72 Å². The maximum Gasteiger partial charge on any atom is 0.222 e. The molecule has 0 amide bonds. The molecule has 0 fully saturated rings. The first kappa shape index (κ1) is 15.3. The first-order chi connectivity index (χ1) is 10.1. The number of azide groups is 1. The molecule has 2 aromatic rings. The Balaban J connectivity index is 2.79. The van der Waals surface area contributed by atoms with E-state index in [1.165, 1.54) is 32.7 Å². The van der Waals surface area contributed by atoms with Gasteiger partial charge in [0.15, 0.2) is 5.72 Å². The van der Waals surface area contributed by atoms with Crippen molar-refractivity contribution in [3.8, 4) is 5.88 Å². The molecule has 1 N–H and O–H groups in total. The van der Waals surface area contributed by atoms with Crippen LogP contribution in [0.3, 0.4) is 0 Å². The molecule has 2 aromatic heterocycles. The molecule has 9 heteroatoms. The Labute approximate surface area is 124 Å². The standard InChI is InChI=1S/C12H12ClN5O3/c1-20-6-12(19,17-18-14)9-5-16-11(21-2)8-4-15-10(13)3-7(8)9/h3-5,19H,6H2,1-2H3. The predicted molar refractivity (Wildman–Crippen MR) is 76.0 cm³/mol. The van der Waals surface area contributed by atoms with Crippen molar-refractivity contribution in [2.24, 2.45) is 5.11 Å². The van der Waals surface area contributed by atoms with Gasteiger partial charge >= 0.3 is 0 Å². The Morgan fingerprint density at radius 2 is 2.14 bits per heavy atom. The molecule has 0 aliphatic rings. The van der Waals surface area contributed by atoms with E-state index < -0.39 is 5.72 Å². The van der Waals surface area contributed by atoms with Crippen LogP contribution in [0.15, 0.2) is 23.6 Å². The fourth-order valence-corrected chi connectivity index (χ4v) is 2.16. The number of nitrogens with zero attached hydrogens (tertiary/aromatic N) is 5. The number of aromatic nitrogens is 2. The fourth-order valence-electron chi connectivity index (χ4n) is 2.00. The van der Waals surface area contributed by atoms with Gasteiger partial charge in [-0.15, -0.1) is 0 Å². The number of hydrogen-bond donors (Lipinski definition) is 1. The van der Waals surface area contributed by atoms with Crippen LogP contribution in [0.5, 0.6) is 5.88 Å². The second kappa shape index (κ2) is 6.11. The van der Waals surface area contributed by atoms with Crippen LogP contribution in [0, 0.1) is 0 Å². The third-order valence-electron chi connectivity index (χ3n) is 2.88. The van der Waals surface area contributed by atoms with E-state index in [9.17, 15) is 5.11 Å². The summed E-state index contributed by atoms with van der Waals surface area (Å²) in [4.78, 5) is 10.7. The summed E-state index contributed by atoms with van der Waals surface area (Å²) < 4.78 is 10.1. The van der Waals surface area contributed by atoms with Crippen molar-refractivity contribution < 1.29 is 14.6 Å². The highest BCUT2D eigenvalue weighted by atomic mass is 35.5. The molecule has 0 aliphatic heterocycles. The lowest BCUT2D eigenvalue weighted by Crippen LogP contribution is -2.29. The fraction of sp³-hybridized carbons (Fsp3) is 0.333. The molecular weight excluding hydrogens is 298 g/mol. The molecule has 0 saturated heterocycles. The topological polar surface area (TPSA) is 113 Å². The molecule has 1 unspecified atom stereocenters. The molecule has 0 aliphatic carbocycles. The minimum atomic E-state index is -1.91. The van der Waals surface area contributed by atoms with Crippen molar-refractivity contribution in [1.82, 2.24) is 9.97 Å². The third kappa shape index (κ3) is 2.84. The summed E-state index contributed by atoms with van der Waals surface area (Å²) in [6.07, 6.45) is 2.82. The SMILES string of the molecule is COCC(O)(N=[N+]=[N-])c1cnc(OC)c2cnc(Cl)cc12. The van der Waals surface area contributed by atoms with Crippen molar-refractivity contribution >= 4 is 22.4 Å². The lowest BCUT2D eigenvalue weighted by molar-refractivity contribution is -0.0295. The monoisotopic (exact) mass is 309 g/mol. The first-order valence-corrected chi connectivity index (χ1v) is 6.20. The van der Waals surface area contributed by atoms with Gasteiger partial charge in [-0.25, -0.2) is 9.97 Å². The van der Waals surface area contributed by atoms with Gasteiger partial charge in [0.1, 0.15) is 5.15 Å². The summed E-state index contributed by atoms with van der Waals surface area (Å²) >= 11 is 5.90. The number of rotatable bonds is 5. The number of ether oxygens (including phenoxy) is 2. The molecule has 21 heavy (non-hydrogen) atoms. The highest BCUT2D eigenvalue weighted by Gasteiger charge is 2.31. The normalized spacial score (nSPS) is 13.5. The minimum Gasteiger partial charge on any atom is -0.481 e. The molecular formula is C12H12ClN5O3. The molecule has 0 radical (unpaired) electrons. The third-order valence-corrected chi connectivity index (χ3v) is 3.09. The Kier molecular flexibility index (Phi) is 4.44. The largest absolute Gasteiger partial charge is 0.481 e. The van der Waals surface area contributed by atoms with Crippen LogP contribution in [0.1, 0.15) is 5.56 Å². The van der Waals surface area contributed by atoms with Crippen LogP contribution in [0.4, 0.5) is 0 Å². The van der Waals surface area contributed by atoms with Crippen LogP contribution in [0.2, 0.25) is 5.15 Å². The first-order valence-electron chi connectivity index (χ1n) is 5.82. The quantitative estimate of drug-likeness (QED) is 0.394. The Bertz CT molecular complexity index is 719. The number of methoxy groups -OCH3 is 2. The number of pyridine rings is 2. The molecule has 2 heterocycles. The zero-order valence-electron chi connectivity index (χ0n) is 11.3. The van der Waals surface area contributed by atoms with Crippen LogP contribution in [-0.2, 0) is 10.5 Å². The summed E-state index contributed by atoms with van der Waals surface area (Å²) in [6.45, 7) is -0.236. The van der Waals surface area contributed by atoms with Crippen molar-refractivity contribution in [2.75, 3.05) is 20.8 Å². The minimum absolute atomic E-state index is 0.220. The average Bonchev–Trinajstić information content (AvgIpc) is 2.46. The van der Waals surface area contributed by atoms with E-state index in [4.69, 9.17) is 26.6 Å². The Hall–Kier alpha value is -2.12. The van der Waals surface area contributed by atoms with Gasteiger partial charge in [0.25, 0.3) is 0 Å². The molecule has 1 atom stereocenters. The highest BCUT2D eigenvalue weighted by molar-refractivity contribution is 6.30. The molecule has 2 rings (SSSR count). The second-order valence-corrected chi connectivity index (χ2v) is 4.56. The molecule has 8 nitrogen and oxygen atoms in total. The summed E-state index contributed by atoms with van der Waals surface area (Å²) in [5.41, 5.74) is 7.02. The van der Waals surface area contributed by atoms with E-state index in [-0.39, 0.29) is 17.3 Å². The maximum atomic E-state index is 10.5. The molecule has 110 valence electrons. The van der Waals surface area contributed by atoms with Crippen LogP contribution >= 0.6 is 11.6 Å². The maximum absolute atomic E-state index is 10.5. The number of fused-ring (bicyclic) bond motifs is 1. The van der Waals surface area contributed by atoms with Crippen molar-refractivity contribution in [3.05, 3.63) is 39.6 Å². The van der Waals surface area contributed by atoms with E-state index in [1.54, 1.807) is 0 Å². The van der Waals surface area contributed by atoms with E-state index in [0.717, 1.165) is 0 Å². The zero-order chi connectivity index (χ0) is 15.5. The number of halogens is 1. The summed E-state index contributed by atoms with van der Waals surface area (Å²) in [6, 6.07) is 1.53. The van der Waals surface area contributed by atoms with E-state index in [1.807, 2.05) is 0 Å². The smallest absolute Gasteiger partial charge is 0.222 e. The van der Waals surface area contributed by atoms with Gasteiger partial charge in [-0.1, -0.05) is 16.7 Å². The lowest BCUT2D eigenvalue weighted by Gasteiger charge is -2.23. The molecule has 0 aromatic carbocycles. The van der Waals surface area contributed by atoms with Gasteiger partial charge in [-0.05, 0) is 17.0 Å². The van der Waals surface area contributed by atoms with Gasteiger partial charge in [0.05, 0.1) is 19.1 Å². The van der Waals surface area contributed by atoms with Gasteiger partial charge in [-0.3, -0.25) is 0 Å². The van der Waals surface area contributed by atoms with Crippen LogP contribution in [-0.4, -0.2) is 35.9 Å². The Morgan fingerprint density at radius 3 is 2.76 bits per heavy atom. The molecule has 0 spiro atoms. The second-order valence-electron chi connectivity index (χ2n) is 4.17. The molecule has 0 saturated carbocycles. The van der Waals surface area contributed by atoms with Crippen molar-refractivity contribution in [1.29, 1.82) is 0 Å². The summed E-state index contributed by atoms with van der Waals surface area (Å²) in [5.74, 6) is 0.318. The van der Waals surface area contributed by atoms with Crippen molar-refractivity contribution in [3.63, 3.8) is 0 Å². The number of hydrogen-bond acceptors (Lipinski definition) is 6.